The SMILES string of the molecule is COc1cnc2c(-c3nc4cc(F)c(O[C@@H](C)COC(=O)Nc5ccnc(OCC(C)(C)O)c5)cc4s3)cc(C)cc2n1. The molecule has 5 rings (SSSR count). The Labute approximate surface area is 250 Å². The molecule has 1 atom stereocenters. The summed E-state index contributed by atoms with van der Waals surface area (Å²) in [5.41, 5.74) is 2.93. The van der Waals surface area contributed by atoms with Crippen LogP contribution < -0.4 is 19.5 Å². The lowest BCUT2D eigenvalue weighted by atomic mass is 10.1. The van der Waals surface area contributed by atoms with Crippen LogP contribution in [0.1, 0.15) is 26.3 Å². The molecule has 0 unspecified atom stereocenters. The second kappa shape index (κ2) is 12.3. The lowest BCUT2D eigenvalue weighted by molar-refractivity contribution is 0.0268. The predicted octanol–water partition coefficient (Wildman–Crippen LogP) is 5.92. The van der Waals surface area contributed by atoms with Gasteiger partial charge in [0.15, 0.2) is 11.6 Å². The van der Waals surface area contributed by atoms with E-state index in [4.69, 9.17) is 18.9 Å². The third-order valence-corrected chi connectivity index (χ3v) is 7.03. The Balaban J connectivity index is 1.24. The van der Waals surface area contributed by atoms with E-state index < -0.39 is 23.6 Å². The van der Waals surface area contributed by atoms with Gasteiger partial charge in [0.2, 0.25) is 11.8 Å². The minimum atomic E-state index is -1.04. The van der Waals surface area contributed by atoms with Gasteiger partial charge in [-0.05, 0) is 51.5 Å². The maximum Gasteiger partial charge on any atom is 0.411 e. The van der Waals surface area contributed by atoms with Crippen molar-refractivity contribution in [2.24, 2.45) is 0 Å². The molecule has 0 aliphatic heterocycles. The van der Waals surface area contributed by atoms with Gasteiger partial charge < -0.3 is 24.1 Å². The number of thiazole rings is 1. The molecule has 2 aromatic carbocycles. The monoisotopic (exact) mass is 607 g/mol. The summed E-state index contributed by atoms with van der Waals surface area (Å²) in [6, 6.07) is 9.85. The number of carbonyl (C=O) groups excluding carboxylic acids is 1. The highest BCUT2D eigenvalue weighted by Crippen LogP contribution is 2.37. The second-order valence-electron chi connectivity index (χ2n) is 10.5. The van der Waals surface area contributed by atoms with Gasteiger partial charge in [-0.25, -0.2) is 29.1 Å². The van der Waals surface area contributed by atoms with E-state index in [1.54, 1.807) is 39.1 Å². The number of halogens is 1. The quantitative estimate of drug-likeness (QED) is 0.197. The summed E-state index contributed by atoms with van der Waals surface area (Å²) in [6.07, 6.45) is 1.62. The van der Waals surface area contributed by atoms with E-state index in [9.17, 15) is 9.90 Å². The molecule has 11 nitrogen and oxygen atoms in total. The van der Waals surface area contributed by atoms with Crippen LogP contribution in [0.2, 0.25) is 0 Å². The molecule has 0 aliphatic carbocycles. The number of carbonyl (C=O) groups is 1. The van der Waals surface area contributed by atoms with Crippen molar-refractivity contribution in [3.05, 3.63) is 60.2 Å². The smallest absolute Gasteiger partial charge is 0.411 e. The summed E-state index contributed by atoms with van der Waals surface area (Å²) in [5.74, 6) is 0.0695. The molecule has 13 heteroatoms. The maximum atomic E-state index is 15.0. The van der Waals surface area contributed by atoms with Crippen LogP contribution in [0.4, 0.5) is 14.9 Å². The first-order chi connectivity index (χ1) is 20.5. The average molecular weight is 608 g/mol. The summed E-state index contributed by atoms with van der Waals surface area (Å²) in [6.45, 7) is 6.72. The van der Waals surface area contributed by atoms with Gasteiger partial charge in [0.25, 0.3) is 0 Å². The van der Waals surface area contributed by atoms with E-state index in [0.29, 0.717) is 37.8 Å². The van der Waals surface area contributed by atoms with Gasteiger partial charge >= 0.3 is 6.09 Å². The number of pyridine rings is 1. The van der Waals surface area contributed by atoms with Crippen molar-refractivity contribution in [2.45, 2.75) is 39.4 Å². The van der Waals surface area contributed by atoms with Gasteiger partial charge in [0, 0.05) is 30.0 Å². The van der Waals surface area contributed by atoms with Gasteiger partial charge in [-0.1, -0.05) is 0 Å². The molecule has 0 saturated heterocycles. The zero-order valence-corrected chi connectivity index (χ0v) is 25.0. The van der Waals surface area contributed by atoms with Gasteiger partial charge in [0.1, 0.15) is 24.3 Å². The molecule has 0 fully saturated rings. The third kappa shape index (κ3) is 7.43. The first-order valence-electron chi connectivity index (χ1n) is 13.3. The number of fused-ring (bicyclic) bond motifs is 2. The number of ether oxygens (including phenoxy) is 4. The Morgan fingerprint density at radius 3 is 2.70 bits per heavy atom. The predicted molar refractivity (Wildman–Crippen MR) is 160 cm³/mol. The van der Waals surface area contributed by atoms with Crippen molar-refractivity contribution in [3.63, 3.8) is 0 Å². The van der Waals surface area contributed by atoms with Crippen LogP contribution in [-0.2, 0) is 4.74 Å². The van der Waals surface area contributed by atoms with E-state index in [2.05, 4.69) is 25.3 Å². The molecular weight excluding hydrogens is 577 g/mol. The molecule has 3 heterocycles. The van der Waals surface area contributed by atoms with Crippen molar-refractivity contribution in [3.8, 4) is 28.1 Å². The highest BCUT2D eigenvalue weighted by molar-refractivity contribution is 7.21. The number of anilines is 1. The Bertz CT molecular complexity index is 1790. The second-order valence-corrected chi connectivity index (χ2v) is 11.5. The van der Waals surface area contributed by atoms with Crippen molar-refractivity contribution < 1.29 is 33.2 Å². The van der Waals surface area contributed by atoms with Crippen molar-refractivity contribution in [2.75, 3.05) is 25.6 Å². The molecule has 3 aromatic heterocycles. The number of aryl methyl sites for hydroxylation is 1. The van der Waals surface area contributed by atoms with Gasteiger partial charge in [-0.2, -0.15) is 0 Å². The fraction of sp³-hybridized carbons (Fsp3) is 0.300. The molecule has 0 aliphatic rings. The number of hydrogen-bond donors (Lipinski definition) is 2. The maximum absolute atomic E-state index is 15.0. The lowest BCUT2D eigenvalue weighted by Gasteiger charge is -2.17. The summed E-state index contributed by atoms with van der Waals surface area (Å²) >= 11 is 1.38. The first-order valence-corrected chi connectivity index (χ1v) is 14.1. The van der Waals surface area contributed by atoms with Gasteiger partial charge in [0.05, 0.1) is 45.8 Å². The highest BCUT2D eigenvalue weighted by atomic mass is 32.1. The fourth-order valence-electron chi connectivity index (χ4n) is 4.06. The van der Waals surface area contributed by atoms with Gasteiger partial charge in [-0.15, -0.1) is 11.3 Å². The number of benzene rings is 2. The number of hydrogen-bond acceptors (Lipinski definition) is 11. The van der Waals surface area contributed by atoms with Crippen LogP contribution in [0.3, 0.4) is 0 Å². The van der Waals surface area contributed by atoms with Crippen LogP contribution in [0.25, 0.3) is 31.8 Å². The molecule has 0 bridgehead atoms. The summed E-state index contributed by atoms with van der Waals surface area (Å²) in [5, 5.41) is 13.1. The zero-order chi connectivity index (χ0) is 30.7. The van der Waals surface area contributed by atoms with Crippen molar-refractivity contribution in [1.82, 2.24) is 19.9 Å². The molecule has 5 aromatic rings. The molecule has 0 radical (unpaired) electrons. The number of methoxy groups -OCH3 is 1. The lowest BCUT2D eigenvalue weighted by Crippen LogP contribution is -2.28. The molecule has 0 saturated carbocycles. The number of rotatable bonds is 10. The Kier molecular flexibility index (Phi) is 8.55. The standard InChI is InChI=1S/C30H30FN5O6S/c1-16-8-19(27-22(9-16)35-26(39-5)13-33-27)28-36-21-11-20(31)23(12-24(21)43-28)42-17(2)14-40-29(37)34-18-6-7-32-25(10-18)41-15-30(3,4)38/h6-13,17,38H,14-15H2,1-5H3,(H,32,34,37)/t17-/m0/s1. The zero-order valence-electron chi connectivity index (χ0n) is 24.2. The van der Waals surface area contributed by atoms with E-state index in [0.717, 1.165) is 11.1 Å². The highest BCUT2D eigenvalue weighted by Gasteiger charge is 2.18. The van der Waals surface area contributed by atoms with Crippen molar-refractivity contribution in [1.29, 1.82) is 0 Å². The number of amides is 1. The summed E-state index contributed by atoms with van der Waals surface area (Å²) in [4.78, 5) is 30.0. The Hall–Kier alpha value is -4.62. The van der Waals surface area contributed by atoms with Crippen LogP contribution in [-0.4, -0.2) is 63.2 Å². The Morgan fingerprint density at radius 1 is 1.12 bits per heavy atom. The van der Waals surface area contributed by atoms with Crippen molar-refractivity contribution >= 4 is 44.4 Å². The van der Waals surface area contributed by atoms with Crippen LogP contribution in [0.5, 0.6) is 17.5 Å². The molecule has 2 N–H and O–H groups in total. The number of nitrogens with one attached hydrogen (secondary N) is 1. The van der Waals surface area contributed by atoms with E-state index in [-0.39, 0.29) is 24.8 Å². The summed E-state index contributed by atoms with van der Waals surface area (Å²) < 4.78 is 37.4. The number of nitrogens with zero attached hydrogens (tertiary/aromatic N) is 4. The fourth-order valence-corrected chi connectivity index (χ4v) is 5.05. The minimum absolute atomic E-state index is 0.0144. The normalized spacial score (nSPS) is 12.3. The minimum Gasteiger partial charge on any atom is -0.484 e. The topological polar surface area (TPSA) is 138 Å². The molecule has 43 heavy (non-hydrogen) atoms. The van der Waals surface area contributed by atoms with E-state index in [1.165, 1.54) is 36.8 Å². The van der Waals surface area contributed by atoms with Crippen LogP contribution in [0, 0.1) is 12.7 Å². The average Bonchev–Trinajstić information content (AvgIpc) is 3.36. The molecule has 224 valence electrons. The Morgan fingerprint density at radius 2 is 1.93 bits per heavy atom. The molecular formula is C30H30FN5O6S. The largest absolute Gasteiger partial charge is 0.484 e. The van der Waals surface area contributed by atoms with Crippen LogP contribution in [0.15, 0.2) is 48.8 Å². The van der Waals surface area contributed by atoms with Gasteiger partial charge in [-0.3, -0.25) is 5.32 Å². The summed E-state index contributed by atoms with van der Waals surface area (Å²) in [7, 11) is 1.53. The third-order valence-electron chi connectivity index (χ3n) is 5.98. The van der Waals surface area contributed by atoms with E-state index in [1.807, 2.05) is 19.1 Å². The molecule has 1 amide bonds. The number of aromatic nitrogens is 4. The first kappa shape index (κ1) is 29.9. The number of aliphatic hydroxyl groups is 1. The van der Waals surface area contributed by atoms with Crippen LogP contribution >= 0.6 is 11.3 Å². The molecule has 0 spiro atoms. The van der Waals surface area contributed by atoms with E-state index >= 15 is 4.39 Å².